The van der Waals surface area contributed by atoms with Gasteiger partial charge in [-0.3, -0.25) is 0 Å². The zero-order valence-corrected chi connectivity index (χ0v) is 24.1. The van der Waals surface area contributed by atoms with Crippen LogP contribution in [0.1, 0.15) is 30.5 Å². The van der Waals surface area contributed by atoms with E-state index in [1.165, 1.54) is 5.56 Å². The van der Waals surface area contributed by atoms with E-state index in [4.69, 9.17) is 0 Å². The van der Waals surface area contributed by atoms with Crippen LogP contribution in [-0.4, -0.2) is 29.2 Å². The summed E-state index contributed by atoms with van der Waals surface area (Å²) in [6, 6.07) is 18.0. The predicted octanol–water partition coefficient (Wildman–Crippen LogP) is 8.22. The first-order valence-corrected chi connectivity index (χ1v) is 12.7. The Morgan fingerprint density at radius 2 is 1.06 bits per heavy atom. The first-order chi connectivity index (χ1) is 14.4. The Labute approximate surface area is 218 Å². The van der Waals surface area contributed by atoms with Crippen molar-refractivity contribution in [1.29, 1.82) is 0 Å². The molecular formula is C24H25Br4NO2. The summed E-state index contributed by atoms with van der Waals surface area (Å²) in [5.41, 5.74) is 3.12. The average molecular weight is 679 g/mol. The van der Waals surface area contributed by atoms with E-state index in [9.17, 15) is 10.2 Å². The van der Waals surface area contributed by atoms with Crippen molar-refractivity contribution in [2.24, 2.45) is 0 Å². The van der Waals surface area contributed by atoms with Gasteiger partial charge in [-0.15, -0.1) is 0 Å². The van der Waals surface area contributed by atoms with Gasteiger partial charge < -0.3 is 15.1 Å². The van der Waals surface area contributed by atoms with Crippen LogP contribution < -0.4 is 0 Å². The van der Waals surface area contributed by atoms with Gasteiger partial charge in [0.25, 0.3) is 0 Å². The largest absolute Gasteiger partial charge is 0.506 e. The zero-order chi connectivity index (χ0) is 23.3. The third kappa shape index (κ3) is 7.06. The predicted molar refractivity (Wildman–Crippen MR) is 143 cm³/mol. The van der Waals surface area contributed by atoms with Crippen LogP contribution in [0.2, 0.25) is 0 Å². The highest BCUT2D eigenvalue weighted by atomic mass is 79.9. The van der Waals surface area contributed by atoms with E-state index in [-0.39, 0.29) is 16.9 Å². The maximum absolute atomic E-state index is 9.85. The summed E-state index contributed by atoms with van der Waals surface area (Å²) in [7, 11) is 4.15. The lowest BCUT2D eigenvalue weighted by atomic mass is 9.78. The quantitative estimate of drug-likeness (QED) is 0.292. The fourth-order valence-electron chi connectivity index (χ4n) is 2.97. The summed E-state index contributed by atoms with van der Waals surface area (Å²) in [6.07, 6.45) is 0. The van der Waals surface area contributed by atoms with E-state index in [2.05, 4.69) is 121 Å². The van der Waals surface area contributed by atoms with Crippen molar-refractivity contribution in [1.82, 2.24) is 4.90 Å². The molecule has 0 aliphatic rings. The molecule has 0 aromatic heterocycles. The topological polar surface area (TPSA) is 43.7 Å². The highest BCUT2D eigenvalue weighted by molar-refractivity contribution is 9.11. The lowest BCUT2D eigenvalue weighted by Gasteiger charge is -2.27. The second-order valence-corrected chi connectivity index (χ2v) is 11.3. The van der Waals surface area contributed by atoms with Crippen LogP contribution in [0.25, 0.3) is 0 Å². The SMILES string of the molecule is CC(C)(c1cc(Br)c(O)c(Br)c1)c1cc(Br)c(O)c(Br)c1.CN(C)Cc1ccccc1. The number of phenols is 2. The zero-order valence-electron chi connectivity index (χ0n) is 17.8. The van der Waals surface area contributed by atoms with Crippen LogP contribution in [0.15, 0.2) is 72.5 Å². The maximum atomic E-state index is 9.85. The molecule has 3 aromatic rings. The second kappa shape index (κ2) is 11.3. The fraction of sp³-hybridized carbons (Fsp3) is 0.250. The van der Waals surface area contributed by atoms with E-state index < -0.39 is 0 Å². The minimum absolute atomic E-state index is 0.183. The molecule has 0 heterocycles. The van der Waals surface area contributed by atoms with Crippen LogP contribution in [0, 0.1) is 0 Å². The Hall–Kier alpha value is -0.860. The number of rotatable bonds is 4. The van der Waals surface area contributed by atoms with Gasteiger partial charge in [-0.05, 0) is 119 Å². The van der Waals surface area contributed by atoms with E-state index in [0.29, 0.717) is 17.9 Å². The number of phenolic OH excluding ortho intramolecular Hbond substituents is 2. The summed E-state index contributed by atoms with van der Waals surface area (Å²) in [5, 5.41) is 19.7. The molecule has 166 valence electrons. The first kappa shape index (κ1) is 26.4. The van der Waals surface area contributed by atoms with Gasteiger partial charge in [0.15, 0.2) is 0 Å². The van der Waals surface area contributed by atoms with Crippen molar-refractivity contribution in [2.75, 3.05) is 14.1 Å². The van der Waals surface area contributed by atoms with E-state index in [0.717, 1.165) is 17.7 Å². The number of hydrogen-bond donors (Lipinski definition) is 2. The van der Waals surface area contributed by atoms with Gasteiger partial charge in [-0.1, -0.05) is 44.2 Å². The maximum Gasteiger partial charge on any atom is 0.143 e. The van der Waals surface area contributed by atoms with Crippen LogP contribution in [-0.2, 0) is 12.0 Å². The van der Waals surface area contributed by atoms with Gasteiger partial charge in [0.1, 0.15) is 11.5 Å². The van der Waals surface area contributed by atoms with Crippen LogP contribution in [0.3, 0.4) is 0 Å². The highest BCUT2D eigenvalue weighted by Gasteiger charge is 2.26. The molecule has 7 heteroatoms. The lowest BCUT2D eigenvalue weighted by Crippen LogP contribution is -2.19. The Morgan fingerprint density at radius 3 is 1.39 bits per heavy atom. The van der Waals surface area contributed by atoms with Gasteiger partial charge in [-0.25, -0.2) is 0 Å². The monoisotopic (exact) mass is 675 g/mol. The van der Waals surface area contributed by atoms with E-state index in [1.54, 1.807) is 0 Å². The molecule has 0 bridgehead atoms. The van der Waals surface area contributed by atoms with Crippen LogP contribution in [0.5, 0.6) is 11.5 Å². The van der Waals surface area contributed by atoms with Gasteiger partial charge >= 0.3 is 0 Å². The van der Waals surface area contributed by atoms with Crippen molar-refractivity contribution < 1.29 is 10.2 Å². The van der Waals surface area contributed by atoms with Crippen molar-refractivity contribution >= 4 is 63.7 Å². The third-order valence-corrected chi connectivity index (χ3v) is 7.24. The lowest BCUT2D eigenvalue weighted by molar-refractivity contribution is 0.402. The second-order valence-electron chi connectivity index (χ2n) is 7.93. The summed E-state index contributed by atoms with van der Waals surface area (Å²) in [4.78, 5) is 2.16. The molecule has 0 amide bonds. The smallest absolute Gasteiger partial charge is 0.143 e. The summed E-state index contributed by atoms with van der Waals surface area (Å²) in [6.45, 7) is 5.20. The molecule has 0 radical (unpaired) electrons. The van der Waals surface area contributed by atoms with Crippen LogP contribution >= 0.6 is 63.7 Å². The molecule has 3 aromatic carbocycles. The summed E-state index contributed by atoms with van der Waals surface area (Å²) < 4.78 is 2.54. The molecule has 0 saturated heterocycles. The standard InChI is InChI=1S/C15H12Br4O2.C9H13N/c1-15(2,7-3-9(16)13(20)10(17)4-7)8-5-11(18)14(21)12(19)6-8;1-10(2)8-9-6-4-3-5-7-9/h3-6,20-21H,1-2H3;3-7H,8H2,1-2H3. The Morgan fingerprint density at radius 1 is 0.710 bits per heavy atom. The van der Waals surface area contributed by atoms with Crippen molar-refractivity contribution in [3.63, 3.8) is 0 Å². The molecule has 0 atom stereocenters. The Balaban J connectivity index is 0.000000285. The van der Waals surface area contributed by atoms with Gasteiger partial charge in [0, 0.05) is 12.0 Å². The molecule has 0 aliphatic carbocycles. The minimum atomic E-state index is -0.308. The Kier molecular flexibility index (Phi) is 9.64. The van der Waals surface area contributed by atoms with E-state index in [1.807, 2.05) is 30.3 Å². The van der Waals surface area contributed by atoms with Gasteiger partial charge in [-0.2, -0.15) is 0 Å². The molecule has 0 unspecified atom stereocenters. The molecule has 0 aliphatic heterocycles. The molecule has 3 rings (SSSR count). The Bertz CT molecular complexity index is 931. The minimum Gasteiger partial charge on any atom is -0.506 e. The number of halogens is 4. The summed E-state index contributed by atoms with van der Waals surface area (Å²) in [5.74, 6) is 0.366. The van der Waals surface area contributed by atoms with E-state index >= 15 is 0 Å². The average Bonchev–Trinajstić information content (AvgIpc) is 2.70. The molecule has 0 fully saturated rings. The normalized spacial score (nSPS) is 11.3. The molecular weight excluding hydrogens is 654 g/mol. The molecule has 31 heavy (non-hydrogen) atoms. The van der Waals surface area contributed by atoms with Gasteiger partial charge in [0.05, 0.1) is 17.9 Å². The highest BCUT2D eigenvalue weighted by Crippen LogP contribution is 2.43. The molecule has 3 nitrogen and oxygen atoms in total. The molecule has 0 spiro atoms. The van der Waals surface area contributed by atoms with Crippen molar-refractivity contribution in [3.8, 4) is 11.5 Å². The molecule has 0 saturated carbocycles. The fourth-order valence-corrected chi connectivity index (χ4v) is 5.34. The number of hydrogen-bond acceptors (Lipinski definition) is 3. The number of benzene rings is 3. The van der Waals surface area contributed by atoms with Crippen molar-refractivity contribution in [2.45, 2.75) is 25.8 Å². The van der Waals surface area contributed by atoms with Crippen LogP contribution in [0.4, 0.5) is 0 Å². The first-order valence-electron chi connectivity index (χ1n) is 9.49. The number of nitrogens with zero attached hydrogens (tertiary/aromatic N) is 1. The molecule has 2 N–H and O–H groups in total. The number of aromatic hydroxyl groups is 2. The summed E-state index contributed by atoms with van der Waals surface area (Å²) >= 11 is 13.5. The van der Waals surface area contributed by atoms with Crippen molar-refractivity contribution in [3.05, 3.63) is 89.2 Å². The third-order valence-electron chi connectivity index (χ3n) is 4.82. The van der Waals surface area contributed by atoms with Gasteiger partial charge in [0.2, 0.25) is 0 Å².